The molecule has 2 amide bonds. The lowest BCUT2D eigenvalue weighted by Gasteiger charge is -2.14. The summed E-state index contributed by atoms with van der Waals surface area (Å²) >= 11 is 0. The molecule has 6 heteroatoms. The van der Waals surface area contributed by atoms with Crippen molar-refractivity contribution in [3.8, 4) is 11.5 Å². The van der Waals surface area contributed by atoms with Gasteiger partial charge in [0.1, 0.15) is 12.2 Å². The van der Waals surface area contributed by atoms with Crippen molar-refractivity contribution in [2.24, 2.45) is 0 Å². The van der Waals surface area contributed by atoms with Crippen molar-refractivity contribution < 1.29 is 19.1 Å². The first kappa shape index (κ1) is 19.3. The molecular formula is C24H20N2O4. The van der Waals surface area contributed by atoms with Crippen LogP contribution in [0.5, 0.6) is 11.5 Å². The molecule has 6 nitrogen and oxygen atoms in total. The van der Waals surface area contributed by atoms with Gasteiger partial charge in [-0.3, -0.25) is 15.0 Å². The maximum atomic E-state index is 12.7. The third-order valence-electron chi connectivity index (χ3n) is 4.64. The van der Waals surface area contributed by atoms with Crippen LogP contribution < -0.4 is 19.9 Å². The summed E-state index contributed by atoms with van der Waals surface area (Å²) in [6, 6.07) is 24.0. The van der Waals surface area contributed by atoms with Crippen LogP contribution in [0.2, 0.25) is 0 Å². The first-order chi connectivity index (χ1) is 14.7. The Kier molecular flexibility index (Phi) is 5.48. The van der Waals surface area contributed by atoms with E-state index in [0.29, 0.717) is 29.4 Å². The van der Waals surface area contributed by atoms with E-state index in [9.17, 15) is 9.59 Å². The minimum atomic E-state index is -0.452. The van der Waals surface area contributed by atoms with Gasteiger partial charge in [0.2, 0.25) is 0 Å². The number of nitrogens with one attached hydrogen (secondary N) is 1. The topological polar surface area (TPSA) is 67.9 Å². The number of anilines is 1. The van der Waals surface area contributed by atoms with Gasteiger partial charge in [-0.05, 0) is 41.5 Å². The molecule has 1 aliphatic heterocycles. The molecule has 3 aromatic carbocycles. The van der Waals surface area contributed by atoms with E-state index < -0.39 is 11.8 Å². The van der Waals surface area contributed by atoms with E-state index in [2.05, 4.69) is 5.43 Å². The second kappa shape index (κ2) is 8.53. The van der Waals surface area contributed by atoms with Crippen molar-refractivity contribution in [3.63, 3.8) is 0 Å². The molecule has 0 bridgehead atoms. The zero-order chi connectivity index (χ0) is 20.9. The van der Waals surface area contributed by atoms with Gasteiger partial charge in [0.25, 0.3) is 11.8 Å². The first-order valence-corrected chi connectivity index (χ1v) is 9.42. The van der Waals surface area contributed by atoms with Gasteiger partial charge in [-0.15, -0.1) is 0 Å². The fourth-order valence-corrected chi connectivity index (χ4v) is 3.11. The van der Waals surface area contributed by atoms with Crippen molar-refractivity contribution >= 4 is 23.6 Å². The molecule has 1 saturated heterocycles. The van der Waals surface area contributed by atoms with E-state index in [0.717, 1.165) is 5.56 Å². The van der Waals surface area contributed by atoms with Crippen molar-refractivity contribution in [2.45, 2.75) is 6.61 Å². The van der Waals surface area contributed by atoms with E-state index in [-0.39, 0.29) is 5.57 Å². The van der Waals surface area contributed by atoms with Crippen LogP contribution in [-0.2, 0) is 16.2 Å². The van der Waals surface area contributed by atoms with Gasteiger partial charge in [0.15, 0.2) is 11.5 Å². The predicted octanol–water partition coefficient (Wildman–Crippen LogP) is 3.74. The third kappa shape index (κ3) is 4.03. The Bertz CT molecular complexity index is 1090. The molecule has 1 N–H and O–H groups in total. The molecule has 0 atom stereocenters. The van der Waals surface area contributed by atoms with Crippen molar-refractivity contribution in [1.82, 2.24) is 5.43 Å². The summed E-state index contributed by atoms with van der Waals surface area (Å²) in [4.78, 5) is 25.1. The molecule has 0 unspecified atom stereocenters. The minimum absolute atomic E-state index is 0.0545. The van der Waals surface area contributed by atoms with E-state index in [4.69, 9.17) is 9.47 Å². The Balaban J connectivity index is 1.54. The Hall–Kier alpha value is -4.06. The second-order valence-electron chi connectivity index (χ2n) is 6.66. The summed E-state index contributed by atoms with van der Waals surface area (Å²) in [5.41, 5.74) is 4.94. The van der Waals surface area contributed by atoms with Crippen molar-refractivity contribution in [2.75, 3.05) is 12.1 Å². The Morgan fingerprint density at radius 3 is 2.30 bits per heavy atom. The molecule has 0 aliphatic carbocycles. The number of benzene rings is 3. The Morgan fingerprint density at radius 2 is 1.60 bits per heavy atom. The molecule has 1 heterocycles. The summed E-state index contributed by atoms with van der Waals surface area (Å²) in [6.45, 7) is 0.407. The van der Waals surface area contributed by atoms with E-state index in [1.54, 1.807) is 55.7 Å². The number of nitrogens with zero attached hydrogens (tertiary/aromatic N) is 1. The summed E-state index contributed by atoms with van der Waals surface area (Å²) < 4.78 is 11.3. The Morgan fingerprint density at radius 1 is 0.900 bits per heavy atom. The largest absolute Gasteiger partial charge is 0.493 e. The number of methoxy groups -OCH3 is 1. The van der Waals surface area contributed by atoms with E-state index >= 15 is 0 Å². The quantitative estimate of drug-likeness (QED) is 0.506. The third-order valence-corrected chi connectivity index (χ3v) is 4.64. The average Bonchev–Trinajstić information content (AvgIpc) is 3.07. The van der Waals surface area contributed by atoms with E-state index in [1.165, 1.54) is 5.01 Å². The van der Waals surface area contributed by atoms with E-state index in [1.807, 2.05) is 36.4 Å². The van der Waals surface area contributed by atoms with Gasteiger partial charge < -0.3 is 9.47 Å². The lowest BCUT2D eigenvalue weighted by molar-refractivity contribution is -0.117. The average molecular weight is 400 g/mol. The number of hydrogen-bond acceptors (Lipinski definition) is 4. The number of carbonyl (C=O) groups is 2. The molecule has 3 aromatic rings. The lowest BCUT2D eigenvalue weighted by Crippen LogP contribution is -2.35. The molecule has 0 radical (unpaired) electrons. The van der Waals surface area contributed by atoms with Crippen molar-refractivity contribution in [3.05, 3.63) is 95.6 Å². The SMILES string of the molecule is COc1cc(C=C2C(=O)NN(c3ccccc3)C2=O)ccc1OCc1ccccc1. The number of hydrogen-bond donors (Lipinski definition) is 1. The number of carbonyl (C=O) groups excluding carboxylic acids is 2. The first-order valence-electron chi connectivity index (χ1n) is 9.42. The molecule has 30 heavy (non-hydrogen) atoms. The van der Waals surface area contributed by atoms with Crippen molar-refractivity contribution in [1.29, 1.82) is 0 Å². The highest BCUT2D eigenvalue weighted by Crippen LogP contribution is 2.30. The molecule has 1 fully saturated rings. The maximum absolute atomic E-state index is 12.7. The summed E-state index contributed by atoms with van der Waals surface area (Å²) in [5, 5.41) is 1.24. The second-order valence-corrected chi connectivity index (χ2v) is 6.66. The molecule has 0 aromatic heterocycles. The van der Waals surface area contributed by atoms with Crippen LogP contribution in [0.1, 0.15) is 11.1 Å². The normalized spacial score (nSPS) is 14.7. The monoisotopic (exact) mass is 400 g/mol. The zero-order valence-corrected chi connectivity index (χ0v) is 16.4. The van der Waals surface area contributed by atoms with Crippen LogP contribution in [0.3, 0.4) is 0 Å². The van der Waals surface area contributed by atoms with Gasteiger partial charge in [0.05, 0.1) is 12.8 Å². The molecule has 0 spiro atoms. The zero-order valence-electron chi connectivity index (χ0n) is 16.4. The smallest absolute Gasteiger partial charge is 0.282 e. The highest BCUT2D eigenvalue weighted by molar-refractivity contribution is 6.31. The van der Waals surface area contributed by atoms with Crippen LogP contribution in [0.15, 0.2) is 84.4 Å². The van der Waals surface area contributed by atoms with Gasteiger partial charge in [0, 0.05) is 0 Å². The molecular weight excluding hydrogens is 380 g/mol. The van der Waals surface area contributed by atoms with Crippen LogP contribution in [0, 0.1) is 0 Å². The fraction of sp³-hybridized carbons (Fsp3) is 0.0833. The number of hydrazine groups is 1. The van der Waals surface area contributed by atoms with Crippen LogP contribution in [0.4, 0.5) is 5.69 Å². The highest BCUT2D eigenvalue weighted by Gasteiger charge is 2.34. The number of amides is 2. The standard InChI is InChI=1S/C24H20N2O4/c1-29-22-15-18(12-13-21(22)30-16-17-8-4-2-5-9-17)14-20-23(27)25-26(24(20)28)19-10-6-3-7-11-19/h2-15H,16H2,1H3,(H,25,27). The summed E-state index contributed by atoms with van der Waals surface area (Å²) in [5.74, 6) is 0.240. The number of ether oxygens (including phenoxy) is 2. The molecule has 150 valence electrons. The van der Waals surface area contributed by atoms with Gasteiger partial charge in [-0.25, -0.2) is 5.01 Å². The highest BCUT2D eigenvalue weighted by atomic mass is 16.5. The molecule has 4 rings (SSSR count). The Labute approximate surface area is 174 Å². The predicted molar refractivity (Wildman–Crippen MR) is 114 cm³/mol. The summed E-state index contributed by atoms with van der Waals surface area (Å²) in [6.07, 6.45) is 1.55. The minimum Gasteiger partial charge on any atom is -0.493 e. The molecule has 0 saturated carbocycles. The van der Waals surface area contributed by atoms with Crippen LogP contribution in [-0.4, -0.2) is 18.9 Å². The van der Waals surface area contributed by atoms with Crippen LogP contribution >= 0.6 is 0 Å². The molecule has 1 aliphatic rings. The lowest BCUT2D eigenvalue weighted by atomic mass is 10.1. The number of para-hydroxylation sites is 1. The van der Waals surface area contributed by atoms with Gasteiger partial charge in [-0.1, -0.05) is 54.6 Å². The van der Waals surface area contributed by atoms with Crippen LogP contribution in [0.25, 0.3) is 6.08 Å². The maximum Gasteiger partial charge on any atom is 0.282 e. The summed E-state index contributed by atoms with van der Waals surface area (Å²) in [7, 11) is 1.55. The number of rotatable bonds is 6. The van der Waals surface area contributed by atoms with Gasteiger partial charge in [-0.2, -0.15) is 0 Å². The van der Waals surface area contributed by atoms with Gasteiger partial charge >= 0.3 is 0 Å². The fourth-order valence-electron chi connectivity index (χ4n) is 3.11.